The van der Waals surface area contributed by atoms with E-state index in [4.69, 9.17) is 6.42 Å². The van der Waals surface area contributed by atoms with Gasteiger partial charge in [0.05, 0.1) is 6.54 Å². The van der Waals surface area contributed by atoms with E-state index in [1.807, 2.05) is 36.5 Å². The summed E-state index contributed by atoms with van der Waals surface area (Å²) in [7, 11) is 3.78. The molecule has 2 amide bonds. The Morgan fingerprint density at radius 1 is 1.28 bits per heavy atom. The molecule has 2 aromatic rings. The first-order valence-electron chi connectivity index (χ1n) is 7.59. The summed E-state index contributed by atoms with van der Waals surface area (Å²) in [4.78, 5) is 17.0. The number of carbonyl (C=O) groups excluding carboxylic acids is 1. The summed E-state index contributed by atoms with van der Waals surface area (Å²) in [6, 6.07) is 5.26. The van der Waals surface area contributed by atoms with Crippen LogP contribution < -0.4 is 5.32 Å². The molecule has 132 valence electrons. The van der Waals surface area contributed by atoms with Crippen LogP contribution in [-0.4, -0.2) is 43.0 Å². The number of halogens is 2. The molecule has 0 aliphatic heterocycles. The van der Waals surface area contributed by atoms with Gasteiger partial charge < -0.3 is 15.1 Å². The molecule has 0 unspecified atom stereocenters. The molecule has 2 rings (SSSR count). The zero-order valence-corrected chi connectivity index (χ0v) is 14.9. The number of hydrogen-bond donors (Lipinski definition) is 1. The van der Waals surface area contributed by atoms with Gasteiger partial charge in [-0.25, -0.2) is 13.6 Å². The van der Waals surface area contributed by atoms with Crippen LogP contribution in [0.2, 0.25) is 0 Å². The van der Waals surface area contributed by atoms with Gasteiger partial charge in [-0.1, -0.05) is 12.0 Å². The predicted octanol–water partition coefficient (Wildman–Crippen LogP) is 3.60. The maximum atomic E-state index is 14.0. The van der Waals surface area contributed by atoms with Crippen LogP contribution in [0.1, 0.15) is 10.4 Å². The number of terminal acetylenes is 1. The molecule has 7 heteroatoms. The van der Waals surface area contributed by atoms with Crippen molar-refractivity contribution in [3.8, 4) is 12.3 Å². The molecular weight excluding hydrogens is 344 g/mol. The first-order valence-corrected chi connectivity index (χ1v) is 8.47. The Morgan fingerprint density at radius 2 is 1.96 bits per heavy atom. The zero-order valence-electron chi connectivity index (χ0n) is 14.1. The summed E-state index contributed by atoms with van der Waals surface area (Å²) in [5, 5.41) is 4.23. The molecule has 0 radical (unpaired) electrons. The van der Waals surface area contributed by atoms with Crippen LogP contribution >= 0.6 is 11.3 Å². The molecule has 0 spiro atoms. The molecule has 0 saturated carbocycles. The number of likely N-dealkylation sites (N-methyl/N-ethyl adjacent to an activating group) is 1. The van der Waals surface area contributed by atoms with Gasteiger partial charge in [-0.05, 0) is 37.7 Å². The van der Waals surface area contributed by atoms with Crippen molar-refractivity contribution >= 4 is 23.1 Å². The van der Waals surface area contributed by atoms with E-state index in [1.54, 1.807) is 0 Å². The van der Waals surface area contributed by atoms with Crippen molar-refractivity contribution in [3.05, 3.63) is 51.7 Å². The lowest BCUT2D eigenvalue weighted by molar-refractivity contribution is 0.202. The summed E-state index contributed by atoms with van der Waals surface area (Å²) in [5.74, 6) is 0.371. The fourth-order valence-corrected chi connectivity index (χ4v) is 2.85. The molecule has 0 aliphatic carbocycles. The average Bonchev–Trinajstić information content (AvgIpc) is 3.07. The van der Waals surface area contributed by atoms with E-state index in [-0.39, 0.29) is 5.56 Å². The second-order valence-corrected chi connectivity index (χ2v) is 6.73. The molecule has 0 bridgehead atoms. The van der Waals surface area contributed by atoms with E-state index >= 15 is 0 Å². The fraction of sp³-hybridized carbons (Fsp3) is 0.278. The van der Waals surface area contributed by atoms with Gasteiger partial charge in [0.2, 0.25) is 0 Å². The van der Waals surface area contributed by atoms with Crippen LogP contribution in [0.25, 0.3) is 0 Å². The van der Waals surface area contributed by atoms with Gasteiger partial charge in [-0.15, -0.1) is 17.8 Å². The number of benzene rings is 1. The zero-order chi connectivity index (χ0) is 18.4. The van der Waals surface area contributed by atoms with E-state index in [1.165, 1.54) is 16.2 Å². The molecule has 0 aliphatic rings. The quantitative estimate of drug-likeness (QED) is 0.796. The van der Waals surface area contributed by atoms with E-state index < -0.39 is 23.4 Å². The highest BCUT2D eigenvalue weighted by molar-refractivity contribution is 7.09. The predicted molar refractivity (Wildman–Crippen MR) is 96.6 cm³/mol. The number of nitrogens with one attached hydrogen (secondary N) is 1. The highest BCUT2D eigenvalue weighted by atomic mass is 32.1. The third-order valence-electron chi connectivity index (χ3n) is 3.47. The van der Waals surface area contributed by atoms with Crippen molar-refractivity contribution in [2.75, 3.05) is 32.5 Å². The van der Waals surface area contributed by atoms with Gasteiger partial charge in [0, 0.05) is 23.5 Å². The molecule has 4 nitrogen and oxygen atoms in total. The third kappa shape index (κ3) is 5.28. The lowest BCUT2D eigenvalue weighted by Gasteiger charge is -2.24. The number of thiophene rings is 1. The topological polar surface area (TPSA) is 35.6 Å². The molecular formula is C18H19F2N3OS. The first-order chi connectivity index (χ1) is 11.9. The molecule has 1 N–H and O–H groups in total. The van der Waals surface area contributed by atoms with E-state index in [0.717, 1.165) is 17.0 Å². The first kappa shape index (κ1) is 18.9. The maximum absolute atomic E-state index is 14.0. The number of carbonyl (C=O) groups is 1. The van der Waals surface area contributed by atoms with E-state index in [0.29, 0.717) is 19.6 Å². The Hall–Kier alpha value is -2.43. The molecule has 25 heavy (non-hydrogen) atoms. The van der Waals surface area contributed by atoms with Crippen LogP contribution in [0.5, 0.6) is 0 Å². The number of urea groups is 1. The molecule has 1 aromatic carbocycles. The minimum atomic E-state index is -0.898. The summed E-state index contributed by atoms with van der Waals surface area (Å²) in [5.41, 5.74) is -0.416. The summed E-state index contributed by atoms with van der Waals surface area (Å²) in [6.07, 6.45) is 5.15. The van der Waals surface area contributed by atoms with Crippen molar-refractivity contribution in [2.24, 2.45) is 0 Å². The summed E-state index contributed by atoms with van der Waals surface area (Å²) in [6.45, 7) is 1.41. The molecule has 0 saturated heterocycles. The van der Waals surface area contributed by atoms with Gasteiger partial charge >= 0.3 is 6.03 Å². The number of nitrogens with zero attached hydrogens (tertiary/aromatic N) is 2. The SMILES string of the molecule is C#Cc1cc(F)c(NC(=O)N(CCN(C)C)Cc2cccs2)c(F)c1. The standard InChI is InChI=1S/C18H19F2N3OS/c1-4-13-10-15(19)17(16(20)11-13)21-18(24)23(8-7-22(2)3)12-14-6-5-9-25-14/h1,5-6,9-11H,7-8,12H2,2-3H3,(H,21,24). The molecule has 0 fully saturated rings. The van der Waals surface area contributed by atoms with E-state index in [9.17, 15) is 13.6 Å². The van der Waals surface area contributed by atoms with Gasteiger partial charge in [-0.3, -0.25) is 0 Å². The minimum Gasteiger partial charge on any atom is -0.318 e. The second kappa shape index (κ2) is 8.60. The average molecular weight is 363 g/mol. The Balaban J connectivity index is 2.17. The van der Waals surface area contributed by atoms with Crippen LogP contribution in [-0.2, 0) is 6.54 Å². The highest BCUT2D eigenvalue weighted by Crippen LogP contribution is 2.21. The van der Waals surface area contributed by atoms with Crippen molar-refractivity contribution < 1.29 is 13.6 Å². The van der Waals surface area contributed by atoms with Crippen LogP contribution in [0.15, 0.2) is 29.6 Å². The monoisotopic (exact) mass is 363 g/mol. The fourth-order valence-electron chi connectivity index (χ4n) is 2.13. The van der Waals surface area contributed by atoms with Crippen molar-refractivity contribution in [2.45, 2.75) is 6.54 Å². The maximum Gasteiger partial charge on any atom is 0.322 e. The number of hydrogen-bond acceptors (Lipinski definition) is 3. The smallest absolute Gasteiger partial charge is 0.318 e. The third-order valence-corrected chi connectivity index (χ3v) is 4.33. The van der Waals surface area contributed by atoms with Crippen LogP contribution in [0.4, 0.5) is 19.3 Å². The Kier molecular flexibility index (Phi) is 6.51. The molecule has 0 atom stereocenters. The number of amides is 2. The van der Waals surface area contributed by atoms with E-state index in [2.05, 4.69) is 11.2 Å². The molecule has 1 aromatic heterocycles. The van der Waals surface area contributed by atoms with Crippen LogP contribution in [0, 0.1) is 24.0 Å². The Morgan fingerprint density at radius 3 is 2.48 bits per heavy atom. The largest absolute Gasteiger partial charge is 0.322 e. The van der Waals surface area contributed by atoms with Gasteiger partial charge in [0.25, 0.3) is 0 Å². The van der Waals surface area contributed by atoms with Crippen molar-refractivity contribution in [3.63, 3.8) is 0 Å². The number of rotatable bonds is 6. The second-order valence-electron chi connectivity index (χ2n) is 5.69. The highest BCUT2D eigenvalue weighted by Gasteiger charge is 2.19. The van der Waals surface area contributed by atoms with Crippen molar-refractivity contribution in [1.29, 1.82) is 0 Å². The van der Waals surface area contributed by atoms with Gasteiger partial charge in [-0.2, -0.15) is 0 Å². The lowest BCUT2D eigenvalue weighted by atomic mass is 10.2. The van der Waals surface area contributed by atoms with Gasteiger partial charge in [0.1, 0.15) is 5.69 Å². The Labute approximate surface area is 150 Å². The van der Waals surface area contributed by atoms with Crippen molar-refractivity contribution in [1.82, 2.24) is 9.80 Å². The number of anilines is 1. The summed E-state index contributed by atoms with van der Waals surface area (Å²) >= 11 is 1.51. The lowest BCUT2D eigenvalue weighted by Crippen LogP contribution is -2.39. The summed E-state index contributed by atoms with van der Waals surface area (Å²) < 4.78 is 28.1. The minimum absolute atomic E-state index is 0.0797. The van der Waals surface area contributed by atoms with Crippen LogP contribution in [0.3, 0.4) is 0 Å². The normalized spacial score (nSPS) is 10.6. The molecule has 1 heterocycles. The van der Waals surface area contributed by atoms with Gasteiger partial charge in [0.15, 0.2) is 11.6 Å². The Bertz CT molecular complexity index is 746.